The highest BCUT2D eigenvalue weighted by atomic mass is 32.1. The van der Waals surface area contributed by atoms with Crippen LogP contribution in [0.2, 0.25) is 0 Å². The molecule has 1 aromatic heterocycles. The van der Waals surface area contributed by atoms with Gasteiger partial charge in [0, 0.05) is 22.5 Å². The van der Waals surface area contributed by atoms with E-state index >= 15 is 0 Å². The highest BCUT2D eigenvalue weighted by Crippen LogP contribution is 2.25. The molecule has 0 radical (unpaired) electrons. The Bertz CT molecular complexity index is 1290. The molecule has 0 saturated heterocycles. The van der Waals surface area contributed by atoms with Crippen molar-refractivity contribution in [2.24, 2.45) is 4.99 Å². The number of aromatic amines is 1. The molecule has 4 rings (SSSR count). The van der Waals surface area contributed by atoms with E-state index in [0.717, 1.165) is 28.0 Å². The molecule has 2 heterocycles. The number of nitrogens with one attached hydrogen (secondary N) is 2. The predicted octanol–water partition coefficient (Wildman–Crippen LogP) is 2.22. The van der Waals surface area contributed by atoms with Crippen molar-refractivity contribution < 1.29 is 14.3 Å². The normalized spacial score (nSPS) is 14.0. The number of hydrogen-bond acceptors (Lipinski definition) is 6. The maximum Gasteiger partial charge on any atom is 0.306 e. The van der Waals surface area contributed by atoms with Gasteiger partial charge in [0.2, 0.25) is 0 Å². The first-order valence-corrected chi connectivity index (χ1v) is 9.52. The smallest absolute Gasteiger partial charge is 0.306 e. The van der Waals surface area contributed by atoms with Gasteiger partial charge in [0.15, 0.2) is 0 Å². The third-order valence-electron chi connectivity index (χ3n) is 4.34. The van der Waals surface area contributed by atoms with Crippen LogP contribution < -0.4 is 30.2 Å². The number of aromatic nitrogens is 1. The molecule has 1 aliphatic heterocycles. The summed E-state index contributed by atoms with van der Waals surface area (Å²) >= 11 is 1.02. The summed E-state index contributed by atoms with van der Waals surface area (Å²) in [6.07, 6.45) is 3.42. The molecule has 29 heavy (non-hydrogen) atoms. The number of amides is 1. The van der Waals surface area contributed by atoms with Gasteiger partial charge in [0.1, 0.15) is 17.3 Å². The van der Waals surface area contributed by atoms with Gasteiger partial charge >= 0.3 is 4.87 Å². The lowest BCUT2D eigenvalue weighted by Crippen LogP contribution is -2.30. The Balaban J connectivity index is 1.70. The molecule has 0 aliphatic carbocycles. The van der Waals surface area contributed by atoms with Crippen LogP contribution in [0.1, 0.15) is 4.88 Å². The Labute approximate surface area is 169 Å². The van der Waals surface area contributed by atoms with E-state index in [4.69, 9.17) is 9.47 Å². The zero-order valence-electron chi connectivity index (χ0n) is 15.7. The number of anilines is 2. The third kappa shape index (κ3) is 3.97. The molecule has 0 fully saturated rings. The Morgan fingerprint density at radius 3 is 2.48 bits per heavy atom. The van der Waals surface area contributed by atoms with Crippen LogP contribution in [0.3, 0.4) is 0 Å². The van der Waals surface area contributed by atoms with Crippen LogP contribution in [0.15, 0.2) is 57.8 Å². The molecule has 0 spiro atoms. The Kier molecular flexibility index (Phi) is 5.01. The number of ether oxygens (including phenoxy) is 2. The largest absolute Gasteiger partial charge is 0.497 e. The van der Waals surface area contributed by atoms with Crippen molar-refractivity contribution in [3.8, 4) is 11.5 Å². The van der Waals surface area contributed by atoms with E-state index in [-0.39, 0.29) is 10.8 Å². The quantitative estimate of drug-likeness (QED) is 0.633. The molecule has 2 aromatic carbocycles. The summed E-state index contributed by atoms with van der Waals surface area (Å²) in [5, 5.41) is 4.54. The molecular formula is C21H17N3O4S. The monoisotopic (exact) mass is 407 g/mol. The van der Waals surface area contributed by atoms with E-state index in [1.165, 1.54) is 0 Å². The zero-order chi connectivity index (χ0) is 20.4. The molecule has 2 N–H and O–H groups in total. The first-order valence-electron chi connectivity index (χ1n) is 8.70. The zero-order valence-corrected chi connectivity index (χ0v) is 16.5. The fraction of sp³-hybridized carbons (Fsp3) is 0.0952. The number of H-pyrrole nitrogens is 1. The van der Waals surface area contributed by atoms with E-state index in [1.54, 1.807) is 32.4 Å². The van der Waals surface area contributed by atoms with Crippen molar-refractivity contribution in [3.05, 3.63) is 73.2 Å². The standard InChI is InChI=1S/C21H17N3O4S/c1-27-15-7-4-14(5-8-15)22-19-18(29-21(26)24-19)10-13-9-12-3-6-16(28-2)11-17(12)23-20(13)25/h3-11,22H,1-2H3,(H,24,26)/b13-10+. The van der Waals surface area contributed by atoms with Crippen LogP contribution in [0, 0.1) is 0 Å². The summed E-state index contributed by atoms with van der Waals surface area (Å²) in [6.45, 7) is 0. The predicted molar refractivity (Wildman–Crippen MR) is 112 cm³/mol. The van der Waals surface area contributed by atoms with Crippen LogP contribution in [-0.2, 0) is 4.79 Å². The van der Waals surface area contributed by atoms with Gasteiger partial charge in [-0.05, 0) is 48.6 Å². The molecule has 1 amide bonds. The van der Waals surface area contributed by atoms with Crippen molar-refractivity contribution in [1.29, 1.82) is 0 Å². The number of nitrogens with zero attached hydrogens (tertiary/aromatic N) is 1. The second-order valence-electron chi connectivity index (χ2n) is 6.19. The van der Waals surface area contributed by atoms with Crippen LogP contribution >= 0.6 is 11.3 Å². The summed E-state index contributed by atoms with van der Waals surface area (Å²) < 4.78 is 10.3. The van der Waals surface area contributed by atoms with E-state index in [9.17, 15) is 9.59 Å². The van der Waals surface area contributed by atoms with Gasteiger partial charge in [-0.25, -0.2) is 4.99 Å². The summed E-state index contributed by atoms with van der Waals surface area (Å²) in [5.74, 6) is 1.51. The van der Waals surface area contributed by atoms with Gasteiger partial charge in [-0.2, -0.15) is 0 Å². The summed E-state index contributed by atoms with van der Waals surface area (Å²) in [7, 11) is 3.16. The lowest BCUT2D eigenvalue weighted by atomic mass is 10.1. The number of benzene rings is 2. The lowest BCUT2D eigenvalue weighted by Gasteiger charge is -2.07. The minimum atomic E-state index is -0.373. The van der Waals surface area contributed by atoms with Crippen LogP contribution in [0.4, 0.5) is 11.5 Å². The molecule has 0 bridgehead atoms. The van der Waals surface area contributed by atoms with Crippen molar-refractivity contribution in [3.63, 3.8) is 0 Å². The topological polar surface area (TPSA) is 92.8 Å². The van der Waals surface area contributed by atoms with Crippen LogP contribution in [-0.4, -0.2) is 25.1 Å². The Hall–Kier alpha value is -3.65. The van der Waals surface area contributed by atoms with E-state index in [0.29, 0.717) is 27.4 Å². The van der Waals surface area contributed by atoms with Gasteiger partial charge < -0.3 is 14.8 Å². The molecule has 3 aromatic rings. The van der Waals surface area contributed by atoms with E-state index in [1.807, 2.05) is 36.4 Å². The number of carbonyl (C=O) groups is 1. The number of rotatable bonds is 5. The van der Waals surface area contributed by atoms with Gasteiger partial charge in [-0.15, -0.1) is 0 Å². The van der Waals surface area contributed by atoms with Crippen molar-refractivity contribution in [2.75, 3.05) is 19.5 Å². The number of fused-ring (bicyclic) bond motifs is 1. The third-order valence-corrected chi connectivity index (χ3v) is 5.17. The summed E-state index contributed by atoms with van der Waals surface area (Å²) in [6, 6.07) is 12.7. The van der Waals surface area contributed by atoms with Gasteiger partial charge in [0.25, 0.3) is 5.91 Å². The molecule has 0 atom stereocenters. The Morgan fingerprint density at radius 1 is 1.03 bits per heavy atom. The highest BCUT2D eigenvalue weighted by Gasteiger charge is 2.14. The van der Waals surface area contributed by atoms with Gasteiger partial charge in [-0.1, -0.05) is 11.3 Å². The van der Waals surface area contributed by atoms with Gasteiger partial charge in [0.05, 0.1) is 24.5 Å². The molecule has 1 aliphatic rings. The van der Waals surface area contributed by atoms with Crippen LogP contribution in [0.25, 0.3) is 12.2 Å². The van der Waals surface area contributed by atoms with Crippen LogP contribution in [0.5, 0.6) is 11.5 Å². The second-order valence-corrected chi connectivity index (χ2v) is 7.21. The van der Waals surface area contributed by atoms with E-state index < -0.39 is 0 Å². The maximum atomic E-state index is 12.5. The average Bonchev–Trinajstić information content (AvgIpc) is 3.07. The molecule has 0 saturated carbocycles. The summed E-state index contributed by atoms with van der Waals surface area (Å²) in [4.78, 5) is 31.7. The van der Waals surface area contributed by atoms with Crippen molar-refractivity contribution in [2.45, 2.75) is 0 Å². The highest BCUT2D eigenvalue weighted by molar-refractivity contribution is 7.10. The molecule has 146 valence electrons. The second kappa shape index (κ2) is 7.76. The van der Waals surface area contributed by atoms with Gasteiger partial charge in [-0.3, -0.25) is 14.6 Å². The lowest BCUT2D eigenvalue weighted by molar-refractivity contribution is -0.114. The summed E-state index contributed by atoms with van der Waals surface area (Å²) in [5.41, 5.74) is 1.18. The maximum absolute atomic E-state index is 12.5. The number of hydrogen-bond donors (Lipinski definition) is 2. The minimum absolute atomic E-state index is 0.224. The number of carbonyl (C=O) groups excluding carboxylic acids is 1. The van der Waals surface area contributed by atoms with Crippen molar-refractivity contribution >= 4 is 40.9 Å². The minimum Gasteiger partial charge on any atom is -0.497 e. The van der Waals surface area contributed by atoms with Crippen molar-refractivity contribution in [1.82, 2.24) is 4.98 Å². The fourth-order valence-corrected chi connectivity index (χ4v) is 3.61. The fourth-order valence-electron chi connectivity index (χ4n) is 2.87. The first-order chi connectivity index (χ1) is 14.1. The molecule has 7 nitrogen and oxygen atoms in total. The first kappa shape index (κ1) is 18.7. The number of thiazole rings is 1. The van der Waals surface area contributed by atoms with E-state index in [2.05, 4.69) is 15.3 Å². The molecule has 0 unspecified atom stereocenters. The average molecular weight is 407 g/mol. The Morgan fingerprint density at radius 2 is 1.76 bits per heavy atom. The SMILES string of the molecule is COc1ccc(Nc2[nH]c(=O)sc2/C=C2\C=c3ccc(OC)cc3=NC2=O)cc1. The number of methoxy groups -OCH3 is 2. The molecular weight excluding hydrogens is 390 g/mol. The molecule has 8 heteroatoms.